The quantitative estimate of drug-likeness (QED) is 0.422. The van der Waals surface area contributed by atoms with E-state index in [0.29, 0.717) is 5.75 Å². The number of ether oxygens (including phenoxy) is 1. The van der Waals surface area contributed by atoms with Gasteiger partial charge in [0.2, 0.25) is 0 Å². The van der Waals surface area contributed by atoms with Gasteiger partial charge in [0.05, 0.1) is 0 Å². The molecule has 0 spiro atoms. The highest BCUT2D eigenvalue weighted by atomic mass is 79.9. The lowest BCUT2D eigenvalue weighted by Gasteiger charge is -2.09. The van der Waals surface area contributed by atoms with Gasteiger partial charge < -0.3 is 14.6 Å². The number of benzene rings is 3. The Morgan fingerprint density at radius 2 is 1.82 bits per heavy atom. The van der Waals surface area contributed by atoms with Crippen LogP contribution in [-0.4, -0.2) is 17.1 Å². The molecule has 0 atom stereocenters. The Kier molecular flexibility index (Phi) is 5.09. The maximum absolute atomic E-state index is 12.3. The van der Waals surface area contributed by atoms with Crippen molar-refractivity contribution in [3.8, 4) is 5.75 Å². The Hall–Kier alpha value is -2.79. The number of nitrogens with zero attached hydrogens (tertiary/aromatic N) is 1. The van der Waals surface area contributed by atoms with Crippen LogP contribution in [0.1, 0.15) is 12.5 Å². The smallest absolute Gasteiger partial charge is 0.262 e. The third kappa shape index (κ3) is 3.50. The van der Waals surface area contributed by atoms with Gasteiger partial charge in [-0.2, -0.15) is 0 Å². The molecule has 0 unspecified atom stereocenters. The fourth-order valence-electron chi connectivity index (χ4n) is 3.53. The maximum Gasteiger partial charge on any atom is 0.262 e. The Morgan fingerprint density at radius 1 is 1.04 bits per heavy atom. The van der Waals surface area contributed by atoms with Crippen LogP contribution < -0.4 is 10.1 Å². The van der Waals surface area contributed by atoms with Gasteiger partial charge in [-0.1, -0.05) is 34.1 Å². The average Bonchev–Trinajstić information content (AvgIpc) is 3.02. The number of carbonyl (C=O) groups is 1. The Labute approximate surface area is 172 Å². The number of nitrogens with one attached hydrogen (secondary N) is 1. The number of fused-ring (bicyclic) bond motifs is 3. The molecular weight excluding hydrogens is 416 g/mol. The largest absolute Gasteiger partial charge is 0.484 e. The van der Waals surface area contributed by atoms with Crippen LogP contribution in [0.3, 0.4) is 0 Å². The van der Waals surface area contributed by atoms with Gasteiger partial charge in [0.15, 0.2) is 6.61 Å². The third-order valence-electron chi connectivity index (χ3n) is 4.87. The zero-order chi connectivity index (χ0) is 19.7. The predicted molar refractivity (Wildman–Crippen MR) is 118 cm³/mol. The van der Waals surface area contributed by atoms with E-state index in [9.17, 15) is 4.79 Å². The van der Waals surface area contributed by atoms with E-state index in [1.807, 2.05) is 43.3 Å². The van der Waals surface area contributed by atoms with Gasteiger partial charge in [-0.25, -0.2) is 0 Å². The van der Waals surface area contributed by atoms with Gasteiger partial charge in [-0.3, -0.25) is 4.79 Å². The fourth-order valence-corrected chi connectivity index (χ4v) is 3.77. The molecule has 1 N–H and O–H groups in total. The van der Waals surface area contributed by atoms with Crippen molar-refractivity contribution in [2.24, 2.45) is 0 Å². The summed E-state index contributed by atoms with van der Waals surface area (Å²) in [5.74, 6) is 0.497. The van der Waals surface area contributed by atoms with Crippen LogP contribution in [0.5, 0.6) is 5.75 Å². The van der Waals surface area contributed by atoms with Crippen molar-refractivity contribution in [3.05, 3.63) is 70.7 Å². The first-order chi connectivity index (χ1) is 13.6. The van der Waals surface area contributed by atoms with E-state index < -0.39 is 0 Å². The van der Waals surface area contributed by atoms with E-state index in [4.69, 9.17) is 4.74 Å². The molecule has 4 nitrogen and oxygen atoms in total. The van der Waals surface area contributed by atoms with Crippen LogP contribution in [-0.2, 0) is 11.3 Å². The summed E-state index contributed by atoms with van der Waals surface area (Å²) in [7, 11) is 0. The number of hydrogen-bond acceptors (Lipinski definition) is 2. The van der Waals surface area contributed by atoms with Gasteiger partial charge in [0.25, 0.3) is 5.91 Å². The van der Waals surface area contributed by atoms with Gasteiger partial charge >= 0.3 is 0 Å². The minimum absolute atomic E-state index is 0.0319. The van der Waals surface area contributed by atoms with E-state index in [2.05, 4.69) is 57.0 Å². The molecule has 1 amide bonds. The number of carbonyl (C=O) groups excluding carboxylic acids is 1. The molecule has 0 aliphatic carbocycles. The summed E-state index contributed by atoms with van der Waals surface area (Å²) in [6.07, 6.45) is 0. The Morgan fingerprint density at radius 3 is 2.61 bits per heavy atom. The van der Waals surface area contributed by atoms with Crippen molar-refractivity contribution in [3.63, 3.8) is 0 Å². The van der Waals surface area contributed by atoms with Crippen LogP contribution in [0.2, 0.25) is 0 Å². The second-order valence-electron chi connectivity index (χ2n) is 6.74. The SMILES string of the molecule is CCn1c2ccccc2c2cc(NC(=O)COc3ccc(Br)c(C)c3)ccc21. The van der Waals surface area contributed by atoms with Crippen molar-refractivity contribution in [2.45, 2.75) is 20.4 Å². The normalized spacial score (nSPS) is 11.1. The second kappa shape index (κ2) is 7.68. The minimum Gasteiger partial charge on any atom is -0.484 e. The van der Waals surface area contributed by atoms with Gasteiger partial charge in [-0.05, 0) is 61.9 Å². The molecule has 0 aliphatic rings. The molecule has 0 saturated carbocycles. The van der Waals surface area contributed by atoms with Gasteiger partial charge in [0, 0.05) is 38.5 Å². The minimum atomic E-state index is -0.181. The summed E-state index contributed by atoms with van der Waals surface area (Å²) in [4.78, 5) is 12.3. The highest BCUT2D eigenvalue weighted by molar-refractivity contribution is 9.10. The molecule has 142 valence electrons. The molecule has 1 heterocycles. The molecule has 0 bridgehead atoms. The highest BCUT2D eigenvalue weighted by Crippen LogP contribution is 2.31. The standard InChI is InChI=1S/C23H21BrN2O2/c1-3-26-21-7-5-4-6-18(21)19-13-16(8-11-22(19)26)25-23(27)14-28-17-9-10-20(24)15(2)12-17/h4-13H,3,14H2,1-2H3,(H,25,27). The van der Waals surface area contributed by atoms with Crippen molar-refractivity contribution < 1.29 is 9.53 Å². The van der Waals surface area contributed by atoms with Gasteiger partial charge in [0.1, 0.15) is 5.75 Å². The van der Waals surface area contributed by atoms with Crippen LogP contribution in [0.15, 0.2) is 65.1 Å². The number of hydrogen-bond donors (Lipinski definition) is 1. The van der Waals surface area contributed by atoms with Crippen molar-refractivity contribution in [1.82, 2.24) is 4.57 Å². The molecule has 5 heteroatoms. The van der Waals surface area contributed by atoms with Crippen molar-refractivity contribution in [1.29, 1.82) is 0 Å². The molecule has 0 radical (unpaired) electrons. The molecule has 4 rings (SSSR count). The monoisotopic (exact) mass is 436 g/mol. The summed E-state index contributed by atoms with van der Waals surface area (Å²) < 4.78 is 8.92. The second-order valence-corrected chi connectivity index (χ2v) is 7.60. The number of aromatic nitrogens is 1. The molecular formula is C23H21BrN2O2. The highest BCUT2D eigenvalue weighted by Gasteiger charge is 2.11. The number of aryl methyl sites for hydroxylation is 2. The van der Waals surface area contributed by atoms with E-state index in [1.54, 1.807) is 0 Å². The lowest BCUT2D eigenvalue weighted by Crippen LogP contribution is -2.20. The van der Waals surface area contributed by atoms with Crippen molar-refractivity contribution >= 4 is 49.3 Å². The molecule has 28 heavy (non-hydrogen) atoms. The third-order valence-corrected chi connectivity index (χ3v) is 5.76. The first-order valence-corrected chi connectivity index (χ1v) is 10.1. The number of rotatable bonds is 5. The number of halogens is 1. The molecule has 3 aromatic carbocycles. The number of para-hydroxylation sites is 1. The fraction of sp³-hybridized carbons (Fsp3) is 0.174. The van der Waals surface area contributed by atoms with Crippen LogP contribution in [0, 0.1) is 6.92 Å². The summed E-state index contributed by atoms with van der Waals surface area (Å²) >= 11 is 3.46. The summed E-state index contributed by atoms with van der Waals surface area (Å²) in [5.41, 5.74) is 4.21. The first kappa shape index (κ1) is 18.6. The Bertz CT molecular complexity index is 1180. The number of amides is 1. The summed E-state index contributed by atoms with van der Waals surface area (Å²) in [5, 5.41) is 5.27. The topological polar surface area (TPSA) is 43.3 Å². The predicted octanol–water partition coefficient (Wildman–Crippen LogP) is 5.90. The lowest BCUT2D eigenvalue weighted by atomic mass is 10.1. The maximum atomic E-state index is 12.3. The Balaban J connectivity index is 1.53. The zero-order valence-electron chi connectivity index (χ0n) is 15.8. The van der Waals surface area contributed by atoms with Crippen LogP contribution in [0.4, 0.5) is 5.69 Å². The van der Waals surface area contributed by atoms with Crippen molar-refractivity contribution in [2.75, 3.05) is 11.9 Å². The van der Waals surface area contributed by atoms with E-state index in [0.717, 1.165) is 27.7 Å². The van der Waals surface area contributed by atoms with Crippen LogP contribution in [0.25, 0.3) is 21.8 Å². The van der Waals surface area contributed by atoms with Gasteiger partial charge in [-0.15, -0.1) is 0 Å². The first-order valence-electron chi connectivity index (χ1n) is 9.26. The summed E-state index contributed by atoms with van der Waals surface area (Å²) in [6, 6.07) is 20.0. The van der Waals surface area contributed by atoms with E-state index in [-0.39, 0.29) is 12.5 Å². The van der Waals surface area contributed by atoms with E-state index >= 15 is 0 Å². The van der Waals surface area contributed by atoms with E-state index in [1.165, 1.54) is 16.4 Å². The molecule has 0 fully saturated rings. The number of anilines is 1. The molecule has 0 saturated heterocycles. The summed E-state index contributed by atoms with van der Waals surface area (Å²) in [6.45, 7) is 4.99. The molecule has 1 aromatic heterocycles. The molecule has 4 aromatic rings. The lowest BCUT2D eigenvalue weighted by molar-refractivity contribution is -0.118. The zero-order valence-corrected chi connectivity index (χ0v) is 17.4. The molecule has 0 aliphatic heterocycles. The average molecular weight is 437 g/mol. The van der Waals surface area contributed by atoms with Crippen LogP contribution >= 0.6 is 15.9 Å².